The van der Waals surface area contributed by atoms with Crippen molar-refractivity contribution in [3.05, 3.63) is 18.2 Å². The second kappa shape index (κ2) is 4.45. The fourth-order valence-electron chi connectivity index (χ4n) is 1.70. The topological polar surface area (TPSA) is 17.8 Å². The molecule has 1 heterocycles. The number of imidazole rings is 1. The van der Waals surface area contributed by atoms with Gasteiger partial charge in [-0.2, -0.15) is 0 Å². The molecule has 0 bridgehead atoms. The molecule has 0 saturated heterocycles. The highest BCUT2D eigenvalue weighted by Gasteiger charge is 2.11. The Bertz CT molecular complexity index is 250. The Labute approximate surface area is 81.0 Å². The summed E-state index contributed by atoms with van der Waals surface area (Å²) in [6.45, 7) is 8.87. The first-order chi connectivity index (χ1) is 6.16. The predicted octanol–water partition coefficient (Wildman–Crippen LogP) is 3.37. The second-order valence-electron chi connectivity index (χ2n) is 3.99. The molecule has 74 valence electrons. The van der Waals surface area contributed by atoms with E-state index in [1.54, 1.807) is 0 Å². The van der Waals surface area contributed by atoms with Crippen molar-refractivity contribution in [2.45, 2.75) is 52.5 Å². The quantitative estimate of drug-likeness (QED) is 0.694. The molecule has 0 saturated carbocycles. The lowest BCUT2D eigenvalue weighted by Crippen LogP contribution is -2.09. The van der Waals surface area contributed by atoms with Crippen LogP contribution in [0.15, 0.2) is 12.4 Å². The number of nitrogens with zero attached hydrogens (tertiary/aromatic N) is 2. The SMILES string of the molecule is CCCC(C)n1ccnc1C(C)C. The molecule has 1 aromatic rings. The molecule has 0 aromatic carbocycles. The molecule has 0 amide bonds. The van der Waals surface area contributed by atoms with Crippen LogP contribution >= 0.6 is 0 Å². The molecule has 0 radical (unpaired) electrons. The Balaban J connectivity index is 2.80. The Morgan fingerprint density at radius 2 is 2.08 bits per heavy atom. The van der Waals surface area contributed by atoms with Gasteiger partial charge in [0.2, 0.25) is 0 Å². The van der Waals surface area contributed by atoms with Gasteiger partial charge in [0.1, 0.15) is 5.82 Å². The summed E-state index contributed by atoms with van der Waals surface area (Å²) < 4.78 is 2.30. The van der Waals surface area contributed by atoms with Crippen LogP contribution in [0.5, 0.6) is 0 Å². The molecule has 0 spiro atoms. The van der Waals surface area contributed by atoms with Gasteiger partial charge >= 0.3 is 0 Å². The third-order valence-electron chi connectivity index (χ3n) is 2.40. The van der Waals surface area contributed by atoms with Gasteiger partial charge in [0, 0.05) is 24.4 Å². The Kier molecular flexibility index (Phi) is 3.52. The summed E-state index contributed by atoms with van der Waals surface area (Å²) in [5.41, 5.74) is 0. The van der Waals surface area contributed by atoms with E-state index in [9.17, 15) is 0 Å². The largest absolute Gasteiger partial charge is 0.332 e. The summed E-state index contributed by atoms with van der Waals surface area (Å²) in [6.07, 6.45) is 6.46. The van der Waals surface area contributed by atoms with E-state index in [1.807, 2.05) is 6.20 Å². The maximum absolute atomic E-state index is 4.38. The van der Waals surface area contributed by atoms with E-state index in [0.717, 1.165) is 0 Å². The van der Waals surface area contributed by atoms with Gasteiger partial charge in [-0.3, -0.25) is 0 Å². The molecule has 0 aliphatic carbocycles. The molecule has 2 nitrogen and oxygen atoms in total. The molecule has 13 heavy (non-hydrogen) atoms. The van der Waals surface area contributed by atoms with E-state index in [2.05, 4.69) is 43.4 Å². The molecule has 1 rings (SSSR count). The van der Waals surface area contributed by atoms with Crippen molar-refractivity contribution in [3.63, 3.8) is 0 Å². The van der Waals surface area contributed by atoms with E-state index < -0.39 is 0 Å². The van der Waals surface area contributed by atoms with Crippen molar-refractivity contribution in [2.24, 2.45) is 0 Å². The van der Waals surface area contributed by atoms with E-state index in [-0.39, 0.29) is 0 Å². The first kappa shape index (κ1) is 10.3. The molecule has 0 fully saturated rings. The minimum Gasteiger partial charge on any atom is -0.332 e. The van der Waals surface area contributed by atoms with Gasteiger partial charge in [-0.1, -0.05) is 27.2 Å². The molecular formula is C11H20N2. The van der Waals surface area contributed by atoms with Gasteiger partial charge in [0.25, 0.3) is 0 Å². The summed E-state index contributed by atoms with van der Waals surface area (Å²) in [6, 6.07) is 0.588. The summed E-state index contributed by atoms with van der Waals surface area (Å²) in [7, 11) is 0. The minimum absolute atomic E-state index is 0.523. The molecule has 2 heteroatoms. The lowest BCUT2D eigenvalue weighted by atomic mass is 10.1. The Hall–Kier alpha value is -0.790. The van der Waals surface area contributed by atoms with Crippen LogP contribution in [0.1, 0.15) is 58.3 Å². The van der Waals surface area contributed by atoms with E-state index >= 15 is 0 Å². The Morgan fingerprint density at radius 3 is 2.62 bits per heavy atom. The molecule has 0 aliphatic heterocycles. The fraction of sp³-hybridized carbons (Fsp3) is 0.727. The summed E-state index contributed by atoms with van der Waals surface area (Å²) in [5, 5.41) is 0. The third kappa shape index (κ3) is 2.33. The molecule has 0 aliphatic rings. The molecule has 1 unspecified atom stereocenters. The van der Waals surface area contributed by atoms with Crippen molar-refractivity contribution < 1.29 is 0 Å². The van der Waals surface area contributed by atoms with Gasteiger partial charge in [0.15, 0.2) is 0 Å². The van der Waals surface area contributed by atoms with Crippen LogP contribution in [-0.2, 0) is 0 Å². The maximum atomic E-state index is 4.38. The molecular weight excluding hydrogens is 160 g/mol. The predicted molar refractivity (Wildman–Crippen MR) is 55.9 cm³/mol. The van der Waals surface area contributed by atoms with Crippen LogP contribution in [0.25, 0.3) is 0 Å². The van der Waals surface area contributed by atoms with Crippen molar-refractivity contribution >= 4 is 0 Å². The smallest absolute Gasteiger partial charge is 0.111 e. The van der Waals surface area contributed by atoms with Crippen molar-refractivity contribution in [1.29, 1.82) is 0 Å². The van der Waals surface area contributed by atoms with E-state index in [0.29, 0.717) is 12.0 Å². The fourth-order valence-corrected chi connectivity index (χ4v) is 1.70. The first-order valence-corrected chi connectivity index (χ1v) is 5.19. The first-order valence-electron chi connectivity index (χ1n) is 5.19. The highest BCUT2D eigenvalue weighted by Crippen LogP contribution is 2.19. The zero-order valence-corrected chi connectivity index (χ0v) is 9.12. The summed E-state index contributed by atoms with van der Waals surface area (Å²) in [4.78, 5) is 4.38. The number of rotatable bonds is 4. The number of hydrogen-bond donors (Lipinski definition) is 0. The zero-order chi connectivity index (χ0) is 9.84. The molecule has 1 atom stereocenters. The van der Waals surface area contributed by atoms with Crippen LogP contribution in [0.4, 0.5) is 0 Å². The van der Waals surface area contributed by atoms with Crippen LogP contribution in [0.3, 0.4) is 0 Å². The standard InChI is InChI=1S/C11H20N2/c1-5-6-10(4)13-8-7-12-11(13)9(2)3/h7-10H,5-6H2,1-4H3. The van der Waals surface area contributed by atoms with Gasteiger partial charge < -0.3 is 4.57 Å². The highest BCUT2D eigenvalue weighted by atomic mass is 15.1. The molecule has 1 aromatic heterocycles. The van der Waals surface area contributed by atoms with Crippen LogP contribution in [0.2, 0.25) is 0 Å². The van der Waals surface area contributed by atoms with Gasteiger partial charge in [-0.05, 0) is 13.3 Å². The highest BCUT2D eigenvalue weighted by molar-refractivity contribution is 4.99. The van der Waals surface area contributed by atoms with Crippen molar-refractivity contribution in [2.75, 3.05) is 0 Å². The minimum atomic E-state index is 0.523. The summed E-state index contributed by atoms with van der Waals surface area (Å²) >= 11 is 0. The third-order valence-corrected chi connectivity index (χ3v) is 2.40. The lowest BCUT2D eigenvalue weighted by molar-refractivity contribution is 0.473. The van der Waals surface area contributed by atoms with E-state index in [1.165, 1.54) is 18.7 Å². The van der Waals surface area contributed by atoms with E-state index in [4.69, 9.17) is 0 Å². The van der Waals surface area contributed by atoms with Crippen LogP contribution < -0.4 is 0 Å². The van der Waals surface area contributed by atoms with Crippen molar-refractivity contribution in [3.8, 4) is 0 Å². The normalized spacial score (nSPS) is 13.6. The second-order valence-corrected chi connectivity index (χ2v) is 3.99. The Morgan fingerprint density at radius 1 is 1.38 bits per heavy atom. The van der Waals surface area contributed by atoms with Gasteiger partial charge in [-0.25, -0.2) is 4.98 Å². The van der Waals surface area contributed by atoms with Crippen LogP contribution in [-0.4, -0.2) is 9.55 Å². The number of aromatic nitrogens is 2. The summed E-state index contributed by atoms with van der Waals surface area (Å²) in [5.74, 6) is 1.73. The average molecular weight is 180 g/mol. The maximum Gasteiger partial charge on any atom is 0.111 e. The van der Waals surface area contributed by atoms with Gasteiger partial charge in [0.05, 0.1) is 0 Å². The number of hydrogen-bond acceptors (Lipinski definition) is 1. The van der Waals surface area contributed by atoms with Gasteiger partial charge in [-0.15, -0.1) is 0 Å². The van der Waals surface area contributed by atoms with Crippen molar-refractivity contribution in [1.82, 2.24) is 9.55 Å². The lowest BCUT2D eigenvalue weighted by Gasteiger charge is -2.17. The van der Waals surface area contributed by atoms with Crippen LogP contribution in [0, 0.1) is 0 Å². The monoisotopic (exact) mass is 180 g/mol. The molecule has 0 N–H and O–H groups in total. The zero-order valence-electron chi connectivity index (χ0n) is 9.12. The average Bonchev–Trinajstić information content (AvgIpc) is 2.52.